The molecule has 1 rings (SSSR count). The molecule has 0 aromatic rings. The molecule has 0 radical (unpaired) electrons. The van der Waals surface area contributed by atoms with Gasteiger partial charge in [-0.1, -0.05) is 38.9 Å². The summed E-state index contributed by atoms with van der Waals surface area (Å²) in [6.07, 6.45) is 5.75. The Morgan fingerprint density at radius 3 is 2.50 bits per heavy atom. The zero-order chi connectivity index (χ0) is 9.19. The third-order valence-corrected chi connectivity index (χ3v) is 5.57. The van der Waals surface area contributed by atoms with Gasteiger partial charge in [0.25, 0.3) is 0 Å². The Labute approximate surface area is 77.7 Å². The summed E-state index contributed by atoms with van der Waals surface area (Å²) in [7, 11) is 0. The van der Waals surface area contributed by atoms with E-state index in [-0.39, 0.29) is 0 Å². The third-order valence-electron chi connectivity index (χ3n) is 3.02. The summed E-state index contributed by atoms with van der Waals surface area (Å²) in [5.74, 6) is 4.59. The Hall–Kier alpha value is 0.300. The Balaban J connectivity index is 2.28. The topological polar surface area (TPSA) is 0 Å². The van der Waals surface area contributed by atoms with E-state index in [9.17, 15) is 0 Å². The maximum Gasteiger partial charge on any atom is -0.0164 e. The van der Waals surface area contributed by atoms with Gasteiger partial charge in [0.15, 0.2) is 0 Å². The maximum atomic E-state index is 2.66. The van der Waals surface area contributed by atoms with Crippen molar-refractivity contribution >= 4 is 12.7 Å². The van der Waals surface area contributed by atoms with Gasteiger partial charge < -0.3 is 0 Å². The van der Waals surface area contributed by atoms with Crippen LogP contribution in [-0.4, -0.2) is 25.3 Å². The number of rotatable bonds is 4. The fraction of sp³-hybridized carbons (Fsp3) is 0.909. The lowest BCUT2D eigenvalue weighted by atomic mass is 9.92. The number of hydrogen-bond donors (Lipinski definition) is 0. The van der Waals surface area contributed by atoms with Crippen LogP contribution in [0.4, 0.5) is 0 Å². The van der Waals surface area contributed by atoms with Crippen molar-refractivity contribution in [2.24, 2.45) is 11.8 Å². The normalized spacial score (nSPS) is 28.8. The van der Waals surface area contributed by atoms with Gasteiger partial charge in [-0.15, -0.1) is 6.89 Å². The lowest BCUT2D eigenvalue weighted by Crippen LogP contribution is -2.26. The summed E-state index contributed by atoms with van der Waals surface area (Å²) in [6, 6.07) is 0. The first-order valence-electron chi connectivity index (χ1n) is 5.24. The van der Waals surface area contributed by atoms with E-state index in [1.165, 1.54) is 25.4 Å². The molecular weight excluding hydrogens is 163 g/mol. The molecule has 2 unspecified atom stereocenters. The van der Waals surface area contributed by atoms with E-state index in [2.05, 4.69) is 33.0 Å². The van der Waals surface area contributed by atoms with Crippen molar-refractivity contribution in [3.05, 3.63) is 0 Å². The highest BCUT2D eigenvalue weighted by Gasteiger charge is 2.27. The molecule has 0 nitrogen and oxygen atoms in total. The molecule has 0 saturated heterocycles. The molecule has 0 aliphatic carbocycles. The molecule has 1 aliphatic heterocycles. The minimum absolute atomic E-state index is 0.483. The SMILES string of the molecule is CCCCC(C)C1C=P(C)(C)C1. The van der Waals surface area contributed by atoms with Crippen LogP contribution >= 0.6 is 6.89 Å². The Morgan fingerprint density at radius 2 is 2.08 bits per heavy atom. The van der Waals surface area contributed by atoms with E-state index in [4.69, 9.17) is 0 Å². The molecule has 2 atom stereocenters. The van der Waals surface area contributed by atoms with Gasteiger partial charge in [0.05, 0.1) is 0 Å². The van der Waals surface area contributed by atoms with Crippen LogP contribution in [0.2, 0.25) is 0 Å². The molecule has 0 spiro atoms. The van der Waals surface area contributed by atoms with E-state index < -0.39 is 6.89 Å². The van der Waals surface area contributed by atoms with Gasteiger partial charge in [-0.25, -0.2) is 0 Å². The largest absolute Gasteiger partial charge is 0.114 e. The average Bonchev–Trinajstić information content (AvgIpc) is 1.95. The Kier molecular flexibility index (Phi) is 3.47. The van der Waals surface area contributed by atoms with Crippen molar-refractivity contribution in [3.8, 4) is 0 Å². The summed E-state index contributed by atoms with van der Waals surface area (Å²) < 4.78 is 0. The van der Waals surface area contributed by atoms with Gasteiger partial charge >= 0.3 is 0 Å². The van der Waals surface area contributed by atoms with Crippen molar-refractivity contribution in [1.29, 1.82) is 0 Å². The van der Waals surface area contributed by atoms with Crippen LogP contribution in [0.5, 0.6) is 0 Å². The number of hydrogen-bond acceptors (Lipinski definition) is 0. The van der Waals surface area contributed by atoms with Gasteiger partial charge in [-0.05, 0) is 31.3 Å². The standard InChI is InChI=1S/C11H23P/c1-5-6-7-10(2)11-8-12(3,4)9-11/h8,10-11H,5-7,9H2,1-4H3. The molecule has 0 aromatic heterocycles. The highest BCUT2D eigenvalue weighted by Crippen LogP contribution is 2.50. The zero-order valence-corrected chi connectivity index (χ0v) is 9.90. The lowest BCUT2D eigenvalue weighted by molar-refractivity contribution is 0.438. The third kappa shape index (κ3) is 2.66. The lowest BCUT2D eigenvalue weighted by Gasteiger charge is -2.36. The van der Waals surface area contributed by atoms with Crippen LogP contribution in [0.3, 0.4) is 0 Å². The Morgan fingerprint density at radius 1 is 1.50 bits per heavy atom. The van der Waals surface area contributed by atoms with Crippen LogP contribution in [0.1, 0.15) is 33.1 Å². The van der Waals surface area contributed by atoms with E-state index in [0.29, 0.717) is 0 Å². The molecule has 72 valence electrons. The van der Waals surface area contributed by atoms with E-state index in [0.717, 1.165) is 11.8 Å². The number of unbranched alkanes of at least 4 members (excludes halogenated alkanes) is 1. The van der Waals surface area contributed by atoms with Crippen LogP contribution in [0.15, 0.2) is 0 Å². The second-order valence-electron chi connectivity index (χ2n) is 4.89. The second-order valence-corrected chi connectivity index (χ2v) is 9.11. The molecule has 0 aromatic carbocycles. The molecule has 0 amide bonds. The van der Waals surface area contributed by atoms with Gasteiger partial charge in [-0.3, -0.25) is 0 Å². The van der Waals surface area contributed by atoms with E-state index >= 15 is 0 Å². The quantitative estimate of drug-likeness (QED) is 0.589. The van der Waals surface area contributed by atoms with E-state index in [1.54, 1.807) is 0 Å². The van der Waals surface area contributed by atoms with Crippen LogP contribution in [0, 0.1) is 11.8 Å². The first-order valence-corrected chi connectivity index (χ1v) is 8.17. The summed E-state index contributed by atoms with van der Waals surface area (Å²) in [5, 5.41) is 0. The zero-order valence-electron chi connectivity index (χ0n) is 9.01. The van der Waals surface area contributed by atoms with Crippen molar-refractivity contribution in [1.82, 2.24) is 0 Å². The second kappa shape index (κ2) is 4.01. The van der Waals surface area contributed by atoms with Gasteiger partial charge in [0.1, 0.15) is 0 Å². The minimum Gasteiger partial charge on any atom is -0.114 e. The van der Waals surface area contributed by atoms with Crippen LogP contribution in [-0.2, 0) is 0 Å². The molecule has 1 aliphatic rings. The van der Waals surface area contributed by atoms with Crippen LogP contribution < -0.4 is 0 Å². The van der Waals surface area contributed by atoms with Crippen molar-refractivity contribution in [2.45, 2.75) is 33.1 Å². The van der Waals surface area contributed by atoms with Gasteiger partial charge in [0, 0.05) is 0 Å². The van der Waals surface area contributed by atoms with Crippen molar-refractivity contribution in [3.63, 3.8) is 0 Å². The predicted octanol–water partition coefficient (Wildman–Crippen LogP) is 3.52. The highest BCUT2D eigenvalue weighted by molar-refractivity contribution is 7.75. The minimum atomic E-state index is -0.483. The highest BCUT2D eigenvalue weighted by atomic mass is 31.2. The van der Waals surface area contributed by atoms with Crippen molar-refractivity contribution in [2.75, 3.05) is 19.5 Å². The van der Waals surface area contributed by atoms with Crippen molar-refractivity contribution < 1.29 is 0 Å². The molecule has 1 heteroatoms. The fourth-order valence-corrected chi connectivity index (χ4v) is 4.82. The first kappa shape index (κ1) is 10.4. The van der Waals surface area contributed by atoms with Gasteiger partial charge in [0.2, 0.25) is 0 Å². The summed E-state index contributed by atoms with van der Waals surface area (Å²) in [6.45, 7) is 9.14. The fourth-order valence-electron chi connectivity index (χ4n) is 2.10. The maximum absolute atomic E-state index is 2.66. The smallest absolute Gasteiger partial charge is 0.0164 e. The Bertz CT molecular complexity index is 187. The molecule has 0 fully saturated rings. The summed E-state index contributed by atoms with van der Waals surface area (Å²) in [4.78, 5) is 0. The predicted molar refractivity (Wildman–Crippen MR) is 61.9 cm³/mol. The monoisotopic (exact) mass is 186 g/mol. The summed E-state index contributed by atoms with van der Waals surface area (Å²) >= 11 is 0. The van der Waals surface area contributed by atoms with Crippen LogP contribution in [0.25, 0.3) is 0 Å². The molecule has 0 saturated carbocycles. The molecule has 0 N–H and O–H groups in total. The first-order chi connectivity index (χ1) is 5.55. The molecule has 0 bridgehead atoms. The summed E-state index contributed by atoms with van der Waals surface area (Å²) in [5.41, 5.74) is 0. The van der Waals surface area contributed by atoms with Gasteiger partial charge in [-0.2, -0.15) is 0 Å². The molecular formula is C11H23P. The molecule has 1 heterocycles. The average molecular weight is 186 g/mol. The van der Waals surface area contributed by atoms with E-state index in [1.807, 2.05) is 0 Å². The molecule has 12 heavy (non-hydrogen) atoms.